The van der Waals surface area contributed by atoms with E-state index in [1.54, 1.807) is 0 Å². The molecule has 0 bridgehead atoms. The van der Waals surface area contributed by atoms with Gasteiger partial charge in [0.05, 0.1) is 6.07 Å². The quantitative estimate of drug-likeness (QED) is 0.699. The lowest BCUT2D eigenvalue weighted by atomic mass is 9.94. The Morgan fingerprint density at radius 3 is 2.40 bits per heavy atom. The van der Waals surface area contributed by atoms with Gasteiger partial charge >= 0.3 is 0 Å². The number of carbonyl (C=O) groups excluding carboxylic acids is 1. The van der Waals surface area contributed by atoms with Crippen LogP contribution < -0.4 is 0 Å². The molecule has 0 aromatic heterocycles. The first-order valence-electron chi connectivity index (χ1n) is 5.83. The van der Waals surface area contributed by atoms with E-state index in [9.17, 15) is 4.79 Å². The van der Waals surface area contributed by atoms with Gasteiger partial charge in [0, 0.05) is 12.1 Å². The van der Waals surface area contributed by atoms with E-state index < -0.39 is 5.92 Å². The number of amides is 1. The minimum atomic E-state index is -0.451. The van der Waals surface area contributed by atoms with Gasteiger partial charge in [0.15, 0.2) is 0 Å². The topological polar surface area (TPSA) is 44.1 Å². The van der Waals surface area contributed by atoms with Gasteiger partial charge in [0.25, 0.3) is 0 Å². The van der Waals surface area contributed by atoms with Gasteiger partial charge < -0.3 is 4.90 Å². The Morgan fingerprint density at radius 1 is 1.47 bits per heavy atom. The molecular weight excluding hydrogens is 188 g/mol. The van der Waals surface area contributed by atoms with Gasteiger partial charge in [0.2, 0.25) is 5.91 Å². The maximum Gasteiger partial charge on any atom is 0.240 e. The molecule has 3 atom stereocenters. The molecule has 0 N–H and O–H groups in total. The molecule has 0 aromatic carbocycles. The van der Waals surface area contributed by atoms with Gasteiger partial charge in [0.1, 0.15) is 5.92 Å². The molecule has 1 aliphatic heterocycles. The highest BCUT2D eigenvalue weighted by Gasteiger charge is 2.32. The third-order valence-electron chi connectivity index (χ3n) is 3.31. The third kappa shape index (κ3) is 2.50. The molecule has 15 heavy (non-hydrogen) atoms. The lowest BCUT2D eigenvalue weighted by Gasteiger charge is -2.40. The zero-order valence-corrected chi connectivity index (χ0v) is 9.86. The Morgan fingerprint density at radius 2 is 2.00 bits per heavy atom. The SMILES string of the molecule is CCC(C#N)C(=O)N1C(C)CCCC1C. The normalized spacial score (nSPS) is 28.3. The van der Waals surface area contributed by atoms with Crippen molar-refractivity contribution < 1.29 is 4.79 Å². The summed E-state index contributed by atoms with van der Waals surface area (Å²) in [7, 11) is 0. The van der Waals surface area contributed by atoms with Crippen LogP contribution in [0.5, 0.6) is 0 Å². The van der Waals surface area contributed by atoms with Crippen molar-refractivity contribution in [1.82, 2.24) is 4.90 Å². The summed E-state index contributed by atoms with van der Waals surface area (Å²) < 4.78 is 0. The fourth-order valence-electron chi connectivity index (χ4n) is 2.36. The van der Waals surface area contributed by atoms with Gasteiger partial charge in [-0.2, -0.15) is 5.26 Å². The molecule has 0 saturated carbocycles. The Labute approximate surface area is 92.1 Å². The average Bonchev–Trinajstić information content (AvgIpc) is 2.19. The summed E-state index contributed by atoms with van der Waals surface area (Å²) in [4.78, 5) is 14.0. The molecule has 1 amide bonds. The highest BCUT2D eigenvalue weighted by atomic mass is 16.2. The largest absolute Gasteiger partial charge is 0.336 e. The van der Waals surface area contributed by atoms with Crippen LogP contribution in [0.2, 0.25) is 0 Å². The maximum absolute atomic E-state index is 12.1. The number of carbonyl (C=O) groups is 1. The molecule has 3 unspecified atom stereocenters. The molecule has 1 fully saturated rings. The highest BCUT2D eigenvalue weighted by molar-refractivity contribution is 5.81. The molecule has 1 heterocycles. The zero-order chi connectivity index (χ0) is 11.4. The number of piperidine rings is 1. The number of nitriles is 1. The molecule has 0 spiro atoms. The predicted molar refractivity (Wildman–Crippen MR) is 59.0 cm³/mol. The Kier molecular flexibility index (Phi) is 4.14. The van der Waals surface area contributed by atoms with E-state index in [0.717, 1.165) is 12.8 Å². The highest BCUT2D eigenvalue weighted by Crippen LogP contribution is 2.24. The Bertz CT molecular complexity index is 259. The van der Waals surface area contributed by atoms with Crippen molar-refractivity contribution in [2.75, 3.05) is 0 Å². The smallest absolute Gasteiger partial charge is 0.240 e. The van der Waals surface area contributed by atoms with Crippen LogP contribution in [0.15, 0.2) is 0 Å². The summed E-state index contributed by atoms with van der Waals surface area (Å²) in [5.74, 6) is -0.423. The Balaban J connectivity index is 2.76. The molecule has 84 valence electrons. The van der Waals surface area contributed by atoms with Crippen LogP contribution in [0.25, 0.3) is 0 Å². The van der Waals surface area contributed by atoms with Crippen LogP contribution in [0.4, 0.5) is 0 Å². The average molecular weight is 208 g/mol. The van der Waals surface area contributed by atoms with Crippen molar-refractivity contribution in [2.24, 2.45) is 5.92 Å². The van der Waals surface area contributed by atoms with Crippen LogP contribution in [0, 0.1) is 17.2 Å². The second-order valence-corrected chi connectivity index (χ2v) is 4.46. The van der Waals surface area contributed by atoms with Crippen LogP contribution in [-0.4, -0.2) is 22.9 Å². The fraction of sp³-hybridized carbons (Fsp3) is 0.833. The van der Waals surface area contributed by atoms with Crippen molar-refractivity contribution in [1.29, 1.82) is 5.26 Å². The predicted octanol–water partition coefficient (Wildman–Crippen LogP) is 2.33. The van der Waals surface area contributed by atoms with Crippen LogP contribution in [0.1, 0.15) is 46.5 Å². The minimum Gasteiger partial charge on any atom is -0.336 e. The minimum absolute atomic E-state index is 0.0275. The van der Waals surface area contributed by atoms with Crippen LogP contribution in [0.3, 0.4) is 0 Å². The number of hydrogen-bond donors (Lipinski definition) is 0. The summed E-state index contributed by atoms with van der Waals surface area (Å²) in [6.07, 6.45) is 3.94. The number of likely N-dealkylation sites (tertiary alicyclic amines) is 1. The van der Waals surface area contributed by atoms with Gasteiger partial charge in [-0.25, -0.2) is 0 Å². The lowest BCUT2D eigenvalue weighted by Crippen LogP contribution is -2.49. The van der Waals surface area contributed by atoms with E-state index in [-0.39, 0.29) is 5.91 Å². The van der Waals surface area contributed by atoms with Crippen LogP contribution in [-0.2, 0) is 4.79 Å². The molecule has 0 aliphatic carbocycles. The summed E-state index contributed by atoms with van der Waals surface area (Å²) >= 11 is 0. The second kappa shape index (κ2) is 5.16. The van der Waals surface area contributed by atoms with Crippen molar-refractivity contribution >= 4 is 5.91 Å². The van der Waals surface area contributed by atoms with E-state index >= 15 is 0 Å². The lowest BCUT2D eigenvalue weighted by molar-refractivity contribution is -0.140. The molecule has 1 aliphatic rings. The molecule has 1 rings (SSSR count). The van der Waals surface area contributed by atoms with Crippen molar-refractivity contribution in [3.05, 3.63) is 0 Å². The standard InChI is InChI=1S/C12H20N2O/c1-4-11(8-13)12(15)14-9(2)6-5-7-10(14)3/h9-11H,4-7H2,1-3H3. The van der Waals surface area contributed by atoms with Crippen molar-refractivity contribution in [2.45, 2.75) is 58.5 Å². The molecule has 0 aromatic rings. The summed E-state index contributed by atoms with van der Waals surface area (Å²) in [6.45, 7) is 6.06. The van der Waals surface area contributed by atoms with Gasteiger partial charge in [-0.1, -0.05) is 6.92 Å². The van der Waals surface area contributed by atoms with Crippen molar-refractivity contribution in [3.8, 4) is 6.07 Å². The van der Waals surface area contributed by atoms with Gasteiger partial charge in [-0.05, 0) is 39.5 Å². The number of nitrogens with zero attached hydrogens (tertiary/aromatic N) is 2. The molecule has 3 heteroatoms. The van der Waals surface area contributed by atoms with E-state index in [1.807, 2.05) is 11.8 Å². The fourth-order valence-corrected chi connectivity index (χ4v) is 2.36. The molecule has 3 nitrogen and oxygen atoms in total. The Hall–Kier alpha value is -1.04. The van der Waals surface area contributed by atoms with E-state index in [1.165, 1.54) is 6.42 Å². The molecular formula is C12H20N2O. The van der Waals surface area contributed by atoms with E-state index in [2.05, 4.69) is 19.9 Å². The van der Waals surface area contributed by atoms with E-state index in [4.69, 9.17) is 5.26 Å². The van der Waals surface area contributed by atoms with Gasteiger partial charge in [-0.3, -0.25) is 4.79 Å². The maximum atomic E-state index is 12.1. The monoisotopic (exact) mass is 208 g/mol. The van der Waals surface area contributed by atoms with Crippen molar-refractivity contribution in [3.63, 3.8) is 0 Å². The summed E-state index contributed by atoms with van der Waals surface area (Å²) in [5, 5.41) is 8.90. The second-order valence-electron chi connectivity index (χ2n) is 4.46. The first-order valence-corrected chi connectivity index (χ1v) is 5.83. The molecule has 1 saturated heterocycles. The number of rotatable bonds is 2. The first kappa shape index (κ1) is 12.0. The molecule has 0 radical (unpaired) electrons. The third-order valence-corrected chi connectivity index (χ3v) is 3.31. The van der Waals surface area contributed by atoms with E-state index in [0.29, 0.717) is 18.5 Å². The van der Waals surface area contributed by atoms with Crippen LogP contribution >= 0.6 is 0 Å². The summed E-state index contributed by atoms with van der Waals surface area (Å²) in [6, 6.07) is 2.69. The number of hydrogen-bond acceptors (Lipinski definition) is 2. The van der Waals surface area contributed by atoms with Gasteiger partial charge in [-0.15, -0.1) is 0 Å². The summed E-state index contributed by atoms with van der Waals surface area (Å²) in [5.41, 5.74) is 0. The first-order chi connectivity index (χ1) is 7.11. The zero-order valence-electron chi connectivity index (χ0n) is 9.86.